The van der Waals surface area contributed by atoms with Crippen molar-refractivity contribution in [2.45, 2.75) is 24.0 Å². The van der Waals surface area contributed by atoms with Gasteiger partial charge >= 0.3 is 0 Å². The fourth-order valence-corrected chi connectivity index (χ4v) is 2.90. The van der Waals surface area contributed by atoms with Gasteiger partial charge in [-0.3, -0.25) is 0 Å². The van der Waals surface area contributed by atoms with Gasteiger partial charge in [-0.2, -0.15) is 5.10 Å². The van der Waals surface area contributed by atoms with Gasteiger partial charge in [0.2, 0.25) is 0 Å². The molecule has 5 nitrogen and oxygen atoms in total. The van der Waals surface area contributed by atoms with Gasteiger partial charge in [-0.05, 0) is 25.7 Å². The lowest BCUT2D eigenvalue weighted by atomic mass is 9.85. The zero-order valence-corrected chi connectivity index (χ0v) is 12.5. The third kappa shape index (κ3) is 1.91. The van der Waals surface area contributed by atoms with Gasteiger partial charge in [0, 0.05) is 17.8 Å². The number of anilines is 1. The molecule has 0 spiro atoms. The molecule has 104 valence electrons. The van der Waals surface area contributed by atoms with Gasteiger partial charge in [-0.1, -0.05) is 17.8 Å². The Hall–Kier alpha value is -1.82. The Bertz CT molecular complexity index is 625. The van der Waals surface area contributed by atoms with Gasteiger partial charge in [-0.25, -0.2) is 15.0 Å². The summed E-state index contributed by atoms with van der Waals surface area (Å²) in [6, 6.07) is 1.88. The number of rotatable bonds is 3. The van der Waals surface area contributed by atoms with Gasteiger partial charge in [0.05, 0.1) is 18.9 Å². The molecule has 1 atom stereocenters. The fraction of sp³-hybridized carbons (Fsp3) is 0.357. The molecule has 6 heteroatoms. The maximum Gasteiger partial charge on any atom is 0.189 e. The van der Waals surface area contributed by atoms with Crippen molar-refractivity contribution in [3.8, 4) is 0 Å². The second-order valence-corrected chi connectivity index (χ2v) is 5.59. The van der Waals surface area contributed by atoms with E-state index >= 15 is 0 Å². The molecule has 2 heterocycles. The van der Waals surface area contributed by atoms with Crippen LogP contribution in [0.25, 0.3) is 0 Å². The van der Waals surface area contributed by atoms with Crippen LogP contribution in [0.3, 0.4) is 0 Å². The van der Waals surface area contributed by atoms with Crippen molar-refractivity contribution in [2.24, 2.45) is 5.10 Å². The predicted octanol–water partition coefficient (Wildman–Crippen LogP) is 2.62. The van der Waals surface area contributed by atoms with Crippen LogP contribution in [0.5, 0.6) is 0 Å². The number of methoxy groups -OCH3 is 1. The summed E-state index contributed by atoms with van der Waals surface area (Å²) in [5, 5.41) is 7.22. The van der Waals surface area contributed by atoms with Crippen molar-refractivity contribution in [3.63, 3.8) is 0 Å². The van der Waals surface area contributed by atoms with Crippen molar-refractivity contribution in [3.05, 3.63) is 35.7 Å². The van der Waals surface area contributed by atoms with Crippen molar-refractivity contribution >= 4 is 23.8 Å². The highest BCUT2D eigenvalue weighted by atomic mass is 32.2. The minimum absolute atomic E-state index is 0.246. The lowest BCUT2D eigenvalue weighted by Crippen LogP contribution is -2.43. The first-order valence-corrected chi connectivity index (χ1v) is 7.58. The van der Waals surface area contributed by atoms with E-state index in [2.05, 4.69) is 28.1 Å². The fourth-order valence-electron chi connectivity index (χ4n) is 2.54. The third-order valence-electron chi connectivity index (χ3n) is 3.64. The second-order valence-electron chi connectivity index (χ2n) is 4.82. The molecule has 0 N–H and O–H groups in total. The maximum atomic E-state index is 5.44. The summed E-state index contributed by atoms with van der Waals surface area (Å²) in [5.74, 6) is 1.67. The molecule has 0 aromatic carbocycles. The number of hydrogen-bond acceptors (Lipinski definition) is 6. The highest BCUT2D eigenvalue weighted by Crippen LogP contribution is 2.40. The molecule has 0 fully saturated rings. The Morgan fingerprint density at radius 3 is 3.05 bits per heavy atom. The van der Waals surface area contributed by atoms with Crippen LogP contribution >= 0.6 is 11.8 Å². The Labute approximate surface area is 122 Å². The molecular formula is C14H16N4OS. The third-order valence-corrected chi connectivity index (χ3v) is 4.20. The van der Waals surface area contributed by atoms with Gasteiger partial charge in [0.25, 0.3) is 0 Å². The first-order valence-electron chi connectivity index (χ1n) is 6.35. The summed E-state index contributed by atoms with van der Waals surface area (Å²) >= 11 is 1.52. The normalized spacial score (nSPS) is 24.2. The zero-order valence-electron chi connectivity index (χ0n) is 11.7. The van der Waals surface area contributed by atoms with Gasteiger partial charge in [-0.15, -0.1) is 0 Å². The molecule has 1 aromatic heterocycles. The number of hydrazone groups is 1. The number of allylic oxidation sites excluding steroid dienone is 1. The number of nitrogens with zero attached hydrogens (tertiary/aromatic N) is 4. The minimum atomic E-state index is -0.246. The van der Waals surface area contributed by atoms with Crippen LogP contribution in [-0.2, 0) is 4.74 Å². The minimum Gasteiger partial charge on any atom is -0.496 e. The first-order chi connectivity index (χ1) is 9.69. The molecule has 0 bridgehead atoms. The van der Waals surface area contributed by atoms with Crippen LogP contribution in [0.4, 0.5) is 5.82 Å². The molecule has 0 radical (unpaired) electrons. The Morgan fingerprint density at radius 1 is 1.45 bits per heavy atom. The van der Waals surface area contributed by atoms with Gasteiger partial charge in [0.1, 0.15) is 5.76 Å². The summed E-state index contributed by atoms with van der Waals surface area (Å²) in [7, 11) is 1.69. The average Bonchev–Trinajstić information content (AvgIpc) is 2.84. The van der Waals surface area contributed by atoms with Gasteiger partial charge < -0.3 is 4.74 Å². The Morgan fingerprint density at radius 2 is 2.30 bits per heavy atom. The predicted molar refractivity (Wildman–Crippen MR) is 81.0 cm³/mol. The largest absolute Gasteiger partial charge is 0.496 e. The highest BCUT2D eigenvalue weighted by molar-refractivity contribution is 7.98. The molecule has 1 aliphatic heterocycles. The van der Waals surface area contributed by atoms with Crippen LogP contribution in [0.2, 0.25) is 0 Å². The summed E-state index contributed by atoms with van der Waals surface area (Å²) in [5.41, 5.74) is 0.844. The molecule has 0 saturated heterocycles. The number of aromatic nitrogens is 2. The van der Waals surface area contributed by atoms with E-state index in [1.165, 1.54) is 11.8 Å². The Kier molecular flexibility index (Phi) is 3.25. The zero-order chi connectivity index (χ0) is 14.2. The number of ether oxygens (including phenoxy) is 1. The molecule has 1 unspecified atom stereocenters. The summed E-state index contributed by atoms with van der Waals surface area (Å²) in [6.07, 6.45) is 10.6. The van der Waals surface area contributed by atoms with Crippen LogP contribution in [0, 0.1) is 0 Å². The smallest absolute Gasteiger partial charge is 0.189 e. The molecule has 20 heavy (non-hydrogen) atoms. The van der Waals surface area contributed by atoms with Crippen LogP contribution in [-0.4, -0.2) is 35.1 Å². The quantitative estimate of drug-likeness (QED) is 0.632. The van der Waals surface area contributed by atoms with E-state index in [0.717, 1.165) is 28.7 Å². The van der Waals surface area contributed by atoms with E-state index in [9.17, 15) is 0 Å². The number of fused-ring (bicyclic) bond motifs is 1. The van der Waals surface area contributed by atoms with Crippen LogP contribution in [0.1, 0.15) is 13.3 Å². The first kappa shape index (κ1) is 13.2. The molecule has 0 saturated carbocycles. The standard InChI is InChI=1S/C14H16N4OS/c1-14-7-4-5-11(19-2)10(14)9-16-18(14)12-6-8-15-13(17-12)20-3/h4-6,8-9H,7H2,1-3H3. The van der Waals surface area contributed by atoms with E-state index in [1.54, 1.807) is 13.3 Å². The summed E-state index contributed by atoms with van der Waals surface area (Å²) < 4.78 is 5.44. The van der Waals surface area contributed by atoms with Crippen molar-refractivity contribution in [2.75, 3.05) is 18.4 Å². The van der Waals surface area contributed by atoms with Crippen LogP contribution < -0.4 is 5.01 Å². The van der Waals surface area contributed by atoms with E-state index in [1.807, 2.05) is 29.6 Å². The molecule has 3 rings (SSSR count). The monoisotopic (exact) mass is 288 g/mol. The molecule has 0 amide bonds. The van der Waals surface area contributed by atoms with Gasteiger partial charge in [0.15, 0.2) is 11.0 Å². The Balaban J connectivity index is 2.03. The number of hydrogen-bond donors (Lipinski definition) is 0. The van der Waals surface area contributed by atoms with E-state index in [4.69, 9.17) is 4.74 Å². The van der Waals surface area contributed by atoms with Crippen LogP contribution in [0.15, 0.2) is 46.0 Å². The highest BCUT2D eigenvalue weighted by Gasteiger charge is 2.43. The summed E-state index contributed by atoms with van der Waals surface area (Å²) in [4.78, 5) is 8.75. The average molecular weight is 288 g/mol. The topological polar surface area (TPSA) is 50.6 Å². The molecule has 1 aromatic rings. The maximum absolute atomic E-state index is 5.44. The number of thioether (sulfide) groups is 1. The van der Waals surface area contributed by atoms with E-state index < -0.39 is 0 Å². The van der Waals surface area contributed by atoms with E-state index in [0.29, 0.717) is 0 Å². The molecular weight excluding hydrogens is 272 g/mol. The van der Waals surface area contributed by atoms with Crippen molar-refractivity contribution in [1.82, 2.24) is 9.97 Å². The molecule has 2 aliphatic rings. The van der Waals surface area contributed by atoms with E-state index in [-0.39, 0.29) is 5.54 Å². The summed E-state index contributed by atoms with van der Waals surface area (Å²) in [6.45, 7) is 2.15. The van der Waals surface area contributed by atoms with Crippen molar-refractivity contribution < 1.29 is 4.74 Å². The lowest BCUT2D eigenvalue weighted by molar-refractivity contribution is 0.294. The van der Waals surface area contributed by atoms with Crippen molar-refractivity contribution in [1.29, 1.82) is 0 Å². The second kappa shape index (κ2) is 4.94. The lowest BCUT2D eigenvalue weighted by Gasteiger charge is -2.35. The molecule has 1 aliphatic carbocycles. The SMILES string of the molecule is COC1=C2C=NN(c3ccnc(SC)n3)C2(C)CC=C1.